The topological polar surface area (TPSA) is 35.8 Å². The van der Waals surface area contributed by atoms with Gasteiger partial charge >= 0.3 is 0 Å². The maximum absolute atomic E-state index is 8.72. The van der Waals surface area contributed by atoms with Crippen LogP contribution < -0.4 is 5.32 Å². The molecule has 0 aromatic heterocycles. The predicted octanol–water partition coefficient (Wildman–Crippen LogP) is 3.34. The van der Waals surface area contributed by atoms with Crippen LogP contribution in [0.1, 0.15) is 43.9 Å². The number of benzene rings is 1. The Morgan fingerprint density at radius 3 is 2.62 bits per heavy atom. The van der Waals surface area contributed by atoms with E-state index in [4.69, 9.17) is 5.26 Å². The van der Waals surface area contributed by atoms with Crippen LogP contribution in [0.2, 0.25) is 0 Å². The first-order valence-electron chi connectivity index (χ1n) is 5.87. The van der Waals surface area contributed by atoms with E-state index >= 15 is 0 Å². The van der Waals surface area contributed by atoms with Gasteiger partial charge in [-0.15, -0.1) is 0 Å². The maximum Gasteiger partial charge on any atom is 0.0638 e. The van der Waals surface area contributed by atoms with E-state index in [9.17, 15) is 0 Å². The molecule has 1 unspecified atom stereocenters. The van der Waals surface area contributed by atoms with Gasteiger partial charge in [0, 0.05) is 12.1 Å². The van der Waals surface area contributed by atoms with E-state index in [1.165, 1.54) is 11.1 Å². The molecule has 1 rings (SSSR count). The van der Waals surface area contributed by atoms with E-state index in [1.54, 1.807) is 0 Å². The number of nitrogens with zero attached hydrogens (tertiary/aromatic N) is 1. The van der Waals surface area contributed by atoms with E-state index in [1.807, 2.05) is 0 Å². The summed E-state index contributed by atoms with van der Waals surface area (Å²) in [5, 5.41) is 12.2. The molecule has 86 valence electrons. The van der Waals surface area contributed by atoms with Crippen molar-refractivity contribution in [3.8, 4) is 6.07 Å². The average Bonchev–Trinajstić information content (AvgIpc) is 2.28. The summed E-state index contributed by atoms with van der Waals surface area (Å²) in [5.41, 5.74) is 2.62. The molecule has 0 aliphatic carbocycles. The fourth-order valence-electron chi connectivity index (χ4n) is 1.95. The molecule has 0 heterocycles. The van der Waals surface area contributed by atoms with Crippen LogP contribution in [0.15, 0.2) is 24.3 Å². The third-order valence-corrected chi connectivity index (χ3v) is 2.97. The Balaban J connectivity index is 2.68. The summed E-state index contributed by atoms with van der Waals surface area (Å²) in [4.78, 5) is 0. The molecule has 2 atom stereocenters. The van der Waals surface area contributed by atoms with E-state index in [-0.39, 0.29) is 0 Å². The highest BCUT2D eigenvalue weighted by Gasteiger charge is 2.12. The number of nitriles is 1. The van der Waals surface area contributed by atoms with Gasteiger partial charge in [0.25, 0.3) is 0 Å². The monoisotopic (exact) mass is 216 g/mol. The van der Waals surface area contributed by atoms with Crippen molar-refractivity contribution in [2.45, 2.75) is 45.7 Å². The van der Waals surface area contributed by atoms with Gasteiger partial charge in [-0.2, -0.15) is 5.26 Å². The Morgan fingerprint density at radius 1 is 1.38 bits per heavy atom. The SMILES string of the molecule is CCC(CC#N)N[C@H](C)c1ccccc1C. The van der Waals surface area contributed by atoms with Crippen LogP contribution in [0.4, 0.5) is 0 Å². The van der Waals surface area contributed by atoms with Gasteiger partial charge in [0.1, 0.15) is 0 Å². The summed E-state index contributed by atoms with van der Waals surface area (Å²) < 4.78 is 0. The fraction of sp³-hybridized carbons (Fsp3) is 0.500. The normalized spacial score (nSPS) is 14.1. The summed E-state index contributed by atoms with van der Waals surface area (Å²) in [6, 6.07) is 11.2. The molecular weight excluding hydrogens is 196 g/mol. The second kappa shape index (κ2) is 6.30. The third-order valence-electron chi connectivity index (χ3n) is 2.97. The highest BCUT2D eigenvalue weighted by molar-refractivity contribution is 5.28. The summed E-state index contributed by atoms with van der Waals surface area (Å²) in [6.07, 6.45) is 1.57. The van der Waals surface area contributed by atoms with E-state index < -0.39 is 0 Å². The number of hydrogen-bond donors (Lipinski definition) is 1. The molecule has 1 aromatic carbocycles. The van der Waals surface area contributed by atoms with Crippen molar-refractivity contribution in [3.05, 3.63) is 35.4 Å². The average molecular weight is 216 g/mol. The zero-order valence-corrected chi connectivity index (χ0v) is 10.3. The molecule has 1 aromatic rings. The number of hydrogen-bond acceptors (Lipinski definition) is 2. The highest BCUT2D eigenvalue weighted by Crippen LogP contribution is 2.18. The van der Waals surface area contributed by atoms with Gasteiger partial charge in [0.15, 0.2) is 0 Å². The quantitative estimate of drug-likeness (QED) is 0.819. The molecule has 2 heteroatoms. The van der Waals surface area contributed by atoms with Crippen molar-refractivity contribution in [2.24, 2.45) is 0 Å². The van der Waals surface area contributed by atoms with Crippen LogP contribution in [0, 0.1) is 18.3 Å². The van der Waals surface area contributed by atoms with Crippen molar-refractivity contribution in [1.82, 2.24) is 5.32 Å². The van der Waals surface area contributed by atoms with Crippen LogP contribution in [0.3, 0.4) is 0 Å². The molecule has 0 aliphatic heterocycles. The minimum absolute atomic E-state index is 0.291. The van der Waals surface area contributed by atoms with Gasteiger partial charge in [-0.05, 0) is 31.4 Å². The lowest BCUT2D eigenvalue weighted by Gasteiger charge is -2.21. The van der Waals surface area contributed by atoms with Crippen molar-refractivity contribution in [1.29, 1.82) is 5.26 Å². The van der Waals surface area contributed by atoms with Crippen LogP contribution in [0.25, 0.3) is 0 Å². The lowest BCUT2D eigenvalue weighted by molar-refractivity contribution is 0.447. The second-order valence-electron chi connectivity index (χ2n) is 4.21. The van der Waals surface area contributed by atoms with Crippen molar-refractivity contribution < 1.29 is 0 Å². The molecule has 0 aliphatic rings. The third kappa shape index (κ3) is 3.36. The zero-order valence-electron chi connectivity index (χ0n) is 10.3. The molecule has 1 N–H and O–H groups in total. The molecular formula is C14H20N2. The van der Waals surface area contributed by atoms with Gasteiger partial charge in [0.05, 0.1) is 12.5 Å². The largest absolute Gasteiger partial charge is 0.306 e. The Labute approximate surface area is 98.3 Å². The van der Waals surface area contributed by atoms with E-state index in [2.05, 4.69) is 56.4 Å². The summed E-state index contributed by atoms with van der Waals surface area (Å²) in [5.74, 6) is 0. The summed E-state index contributed by atoms with van der Waals surface area (Å²) in [6.45, 7) is 6.39. The smallest absolute Gasteiger partial charge is 0.0638 e. The Morgan fingerprint density at radius 2 is 2.06 bits per heavy atom. The molecule has 0 bridgehead atoms. The summed E-state index contributed by atoms with van der Waals surface area (Å²) in [7, 11) is 0. The van der Waals surface area contributed by atoms with E-state index in [0.29, 0.717) is 18.5 Å². The van der Waals surface area contributed by atoms with Gasteiger partial charge in [-0.1, -0.05) is 31.2 Å². The molecule has 0 saturated carbocycles. The number of nitrogens with one attached hydrogen (secondary N) is 1. The van der Waals surface area contributed by atoms with Gasteiger partial charge in [-0.3, -0.25) is 0 Å². The van der Waals surface area contributed by atoms with Crippen molar-refractivity contribution in [3.63, 3.8) is 0 Å². The fourth-order valence-corrected chi connectivity index (χ4v) is 1.95. The molecule has 0 radical (unpaired) electrons. The first-order valence-corrected chi connectivity index (χ1v) is 5.87. The lowest BCUT2D eigenvalue weighted by Crippen LogP contribution is -2.31. The maximum atomic E-state index is 8.72. The Bertz CT molecular complexity index is 365. The van der Waals surface area contributed by atoms with Gasteiger partial charge in [0.2, 0.25) is 0 Å². The second-order valence-corrected chi connectivity index (χ2v) is 4.21. The molecule has 0 saturated heterocycles. The minimum Gasteiger partial charge on any atom is -0.306 e. The molecule has 16 heavy (non-hydrogen) atoms. The van der Waals surface area contributed by atoms with Gasteiger partial charge in [-0.25, -0.2) is 0 Å². The number of aryl methyl sites for hydroxylation is 1. The minimum atomic E-state index is 0.291. The first-order chi connectivity index (χ1) is 7.69. The van der Waals surface area contributed by atoms with Crippen LogP contribution >= 0.6 is 0 Å². The zero-order chi connectivity index (χ0) is 12.0. The molecule has 0 fully saturated rings. The molecule has 0 amide bonds. The first kappa shape index (κ1) is 12.7. The lowest BCUT2D eigenvalue weighted by atomic mass is 10.0. The molecule has 2 nitrogen and oxygen atoms in total. The van der Waals surface area contributed by atoms with Gasteiger partial charge < -0.3 is 5.32 Å². The van der Waals surface area contributed by atoms with Crippen molar-refractivity contribution in [2.75, 3.05) is 0 Å². The summed E-state index contributed by atoms with van der Waals surface area (Å²) >= 11 is 0. The molecule has 0 spiro atoms. The Hall–Kier alpha value is -1.33. The number of rotatable bonds is 5. The van der Waals surface area contributed by atoms with E-state index in [0.717, 1.165) is 6.42 Å². The van der Waals surface area contributed by atoms with Crippen LogP contribution in [-0.2, 0) is 0 Å². The van der Waals surface area contributed by atoms with Crippen molar-refractivity contribution >= 4 is 0 Å². The van der Waals surface area contributed by atoms with Crippen LogP contribution in [-0.4, -0.2) is 6.04 Å². The predicted molar refractivity (Wildman–Crippen MR) is 67.0 cm³/mol. The highest BCUT2D eigenvalue weighted by atomic mass is 14.9. The Kier molecular flexibility index (Phi) is 5.01. The van der Waals surface area contributed by atoms with Crippen LogP contribution in [0.5, 0.6) is 0 Å². The standard InChI is InChI=1S/C14H20N2/c1-4-13(9-10-15)16-12(3)14-8-6-5-7-11(14)2/h5-8,12-13,16H,4,9H2,1-3H3/t12-,13?/m1/s1.